The van der Waals surface area contributed by atoms with Gasteiger partial charge in [-0.1, -0.05) is 13.3 Å². The molecule has 1 saturated carbocycles. The minimum atomic E-state index is -0.321. The fraction of sp³-hybridized carbons (Fsp3) is 1.00. The van der Waals surface area contributed by atoms with E-state index in [4.69, 9.17) is 0 Å². The summed E-state index contributed by atoms with van der Waals surface area (Å²) in [6, 6.07) is 0. The smallest absolute Gasteiger partial charge is 0.0727 e. The van der Waals surface area contributed by atoms with Crippen LogP contribution in [-0.4, -0.2) is 23.8 Å². The number of nitrogens with one attached hydrogen (secondary N) is 1. The van der Waals surface area contributed by atoms with Crippen LogP contribution in [0.3, 0.4) is 0 Å². The standard InChI is InChI=1S/C11H21NO/c1-2-9-8-12-7-6-11(9,13)10-4-3-5-10/h9-10,12-13H,2-8H2,1H3. The lowest BCUT2D eigenvalue weighted by molar-refractivity contribution is -0.113. The Kier molecular flexibility index (Phi) is 2.61. The fourth-order valence-corrected chi connectivity index (χ4v) is 2.89. The Morgan fingerprint density at radius 3 is 2.77 bits per heavy atom. The second-order valence-corrected chi connectivity index (χ2v) is 4.68. The highest BCUT2D eigenvalue weighted by Gasteiger charge is 2.46. The molecule has 2 heteroatoms. The van der Waals surface area contributed by atoms with E-state index in [1.807, 2.05) is 0 Å². The molecule has 0 aromatic heterocycles. The average molecular weight is 183 g/mol. The molecule has 0 radical (unpaired) electrons. The zero-order valence-electron chi connectivity index (χ0n) is 8.55. The number of hydrogen-bond acceptors (Lipinski definition) is 2. The van der Waals surface area contributed by atoms with Crippen molar-refractivity contribution in [2.75, 3.05) is 13.1 Å². The van der Waals surface area contributed by atoms with Gasteiger partial charge >= 0.3 is 0 Å². The van der Waals surface area contributed by atoms with E-state index in [2.05, 4.69) is 12.2 Å². The van der Waals surface area contributed by atoms with E-state index in [1.54, 1.807) is 0 Å². The van der Waals surface area contributed by atoms with Gasteiger partial charge in [0.05, 0.1) is 5.60 Å². The van der Waals surface area contributed by atoms with Crippen LogP contribution in [0, 0.1) is 11.8 Å². The van der Waals surface area contributed by atoms with Gasteiger partial charge in [-0.25, -0.2) is 0 Å². The van der Waals surface area contributed by atoms with Gasteiger partial charge < -0.3 is 10.4 Å². The first-order chi connectivity index (χ1) is 6.27. The summed E-state index contributed by atoms with van der Waals surface area (Å²) in [5.74, 6) is 1.10. The molecule has 76 valence electrons. The molecular weight excluding hydrogens is 162 g/mol. The summed E-state index contributed by atoms with van der Waals surface area (Å²) in [5, 5.41) is 14.0. The van der Waals surface area contributed by atoms with Gasteiger partial charge in [-0.3, -0.25) is 0 Å². The molecular formula is C11H21NO. The van der Waals surface area contributed by atoms with Crippen LogP contribution in [0.15, 0.2) is 0 Å². The maximum Gasteiger partial charge on any atom is 0.0727 e. The van der Waals surface area contributed by atoms with E-state index in [9.17, 15) is 5.11 Å². The van der Waals surface area contributed by atoms with Crippen molar-refractivity contribution in [2.45, 2.75) is 44.6 Å². The molecule has 1 saturated heterocycles. The van der Waals surface area contributed by atoms with Gasteiger partial charge in [-0.15, -0.1) is 0 Å². The van der Waals surface area contributed by atoms with Gasteiger partial charge in [-0.2, -0.15) is 0 Å². The number of aliphatic hydroxyl groups is 1. The molecule has 13 heavy (non-hydrogen) atoms. The molecule has 2 atom stereocenters. The van der Waals surface area contributed by atoms with Crippen molar-refractivity contribution in [3.8, 4) is 0 Å². The Morgan fingerprint density at radius 2 is 2.23 bits per heavy atom. The summed E-state index contributed by atoms with van der Waals surface area (Å²) in [4.78, 5) is 0. The largest absolute Gasteiger partial charge is 0.389 e. The minimum absolute atomic E-state index is 0.321. The van der Waals surface area contributed by atoms with E-state index >= 15 is 0 Å². The lowest BCUT2D eigenvalue weighted by atomic mass is 9.64. The number of rotatable bonds is 2. The first kappa shape index (κ1) is 9.47. The van der Waals surface area contributed by atoms with Gasteiger partial charge in [0.1, 0.15) is 0 Å². The molecule has 2 unspecified atom stereocenters. The maximum absolute atomic E-state index is 10.6. The summed E-state index contributed by atoms with van der Waals surface area (Å²) in [5.41, 5.74) is -0.321. The van der Waals surface area contributed by atoms with Crippen molar-refractivity contribution in [3.05, 3.63) is 0 Å². The van der Waals surface area contributed by atoms with Gasteiger partial charge in [0, 0.05) is 12.5 Å². The quantitative estimate of drug-likeness (QED) is 0.680. The summed E-state index contributed by atoms with van der Waals surface area (Å²) in [7, 11) is 0. The summed E-state index contributed by atoms with van der Waals surface area (Å²) >= 11 is 0. The molecule has 1 aliphatic heterocycles. The lowest BCUT2D eigenvalue weighted by Gasteiger charge is -2.49. The summed E-state index contributed by atoms with van der Waals surface area (Å²) in [6.07, 6.45) is 5.92. The fourth-order valence-electron chi connectivity index (χ4n) is 2.89. The van der Waals surface area contributed by atoms with Crippen molar-refractivity contribution >= 4 is 0 Å². The van der Waals surface area contributed by atoms with Crippen LogP contribution in [0.1, 0.15) is 39.0 Å². The SMILES string of the molecule is CCC1CNCCC1(O)C1CCC1. The summed E-state index contributed by atoms with van der Waals surface area (Å²) in [6.45, 7) is 4.22. The van der Waals surface area contributed by atoms with Gasteiger partial charge in [0.2, 0.25) is 0 Å². The second kappa shape index (κ2) is 3.58. The molecule has 2 aliphatic rings. The van der Waals surface area contributed by atoms with Gasteiger partial charge in [-0.05, 0) is 38.1 Å². The van der Waals surface area contributed by atoms with Crippen molar-refractivity contribution in [1.29, 1.82) is 0 Å². The third kappa shape index (κ3) is 1.50. The predicted octanol–water partition coefficient (Wildman–Crippen LogP) is 1.54. The van der Waals surface area contributed by atoms with Crippen LogP contribution in [0.5, 0.6) is 0 Å². The highest BCUT2D eigenvalue weighted by Crippen LogP contribution is 2.44. The Hall–Kier alpha value is -0.0800. The second-order valence-electron chi connectivity index (χ2n) is 4.68. The molecule has 2 rings (SSSR count). The molecule has 1 heterocycles. The van der Waals surface area contributed by atoms with Crippen LogP contribution in [0.4, 0.5) is 0 Å². The molecule has 2 fully saturated rings. The van der Waals surface area contributed by atoms with E-state index in [-0.39, 0.29) is 5.60 Å². The van der Waals surface area contributed by atoms with Crippen molar-refractivity contribution in [1.82, 2.24) is 5.32 Å². The predicted molar refractivity (Wildman–Crippen MR) is 53.6 cm³/mol. The normalized spacial score (nSPS) is 41.5. The van der Waals surface area contributed by atoms with Crippen LogP contribution in [0.25, 0.3) is 0 Å². The van der Waals surface area contributed by atoms with E-state index in [0.717, 1.165) is 25.9 Å². The topological polar surface area (TPSA) is 32.3 Å². The number of piperidine rings is 1. The van der Waals surface area contributed by atoms with Gasteiger partial charge in [0.15, 0.2) is 0 Å². The van der Waals surface area contributed by atoms with Crippen LogP contribution < -0.4 is 5.32 Å². The Labute approximate surface area is 80.7 Å². The highest BCUT2D eigenvalue weighted by atomic mass is 16.3. The molecule has 0 spiro atoms. The molecule has 0 bridgehead atoms. The molecule has 2 N–H and O–H groups in total. The van der Waals surface area contributed by atoms with Crippen LogP contribution >= 0.6 is 0 Å². The van der Waals surface area contributed by atoms with E-state index in [0.29, 0.717) is 11.8 Å². The van der Waals surface area contributed by atoms with Crippen LogP contribution in [-0.2, 0) is 0 Å². The zero-order chi connectivity index (χ0) is 9.31. The number of hydrogen-bond donors (Lipinski definition) is 2. The lowest BCUT2D eigenvalue weighted by Crippen LogP contribution is -2.56. The third-order valence-corrected chi connectivity index (χ3v) is 4.10. The van der Waals surface area contributed by atoms with E-state index in [1.165, 1.54) is 19.3 Å². The minimum Gasteiger partial charge on any atom is -0.389 e. The molecule has 1 aliphatic carbocycles. The van der Waals surface area contributed by atoms with Crippen molar-refractivity contribution in [3.63, 3.8) is 0 Å². The first-order valence-corrected chi connectivity index (χ1v) is 5.70. The zero-order valence-corrected chi connectivity index (χ0v) is 8.55. The molecule has 2 nitrogen and oxygen atoms in total. The van der Waals surface area contributed by atoms with Crippen molar-refractivity contribution in [2.24, 2.45) is 11.8 Å². The Balaban J connectivity index is 2.06. The highest BCUT2D eigenvalue weighted by molar-refractivity contribution is 4.99. The summed E-state index contributed by atoms with van der Waals surface area (Å²) < 4.78 is 0. The van der Waals surface area contributed by atoms with E-state index < -0.39 is 0 Å². The Morgan fingerprint density at radius 1 is 1.46 bits per heavy atom. The molecule has 0 aromatic carbocycles. The van der Waals surface area contributed by atoms with Crippen molar-refractivity contribution < 1.29 is 5.11 Å². The molecule has 0 aromatic rings. The van der Waals surface area contributed by atoms with Gasteiger partial charge in [0.25, 0.3) is 0 Å². The molecule has 0 amide bonds. The average Bonchev–Trinajstić information content (AvgIpc) is 2.01. The maximum atomic E-state index is 10.6. The first-order valence-electron chi connectivity index (χ1n) is 5.70. The Bertz CT molecular complexity index is 179. The van der Waals surface area contributed by atoms with Crippen LogP contribution in [0.2, 0.25) is 0 Å². The monoisotopic (exact) mass is 183 g/mol. The third-order valence-electron chi connectivity index (χ3n) is 4.10.